The summed E-state index contributed by atoms with van der Waals surface area (Å²) in [7, 11) is -27.8. The molecular weight excluding hydrogens is 1120 g/mol. The Labute approximate surface area is 430 Å². The lowest BCUT2D eigenvalue weighted by Crippen LogP contribution is -2.23. The second kappa shape index (κ2) is 22.9. The first-order valence-electron chi connectivity index (χ1n) is 21.8. The second-order valence-corrected chi connectivity index (χ2v) is 20.9. The van der Waals surface area contributed by atoms with Crippen molar-refractivity contribution in [2.75, 3.05) is 0 Å². The van der Waals surface area contributed by atoms with Crippen LogP contribution >= 0.6 is 0 Å². The molecule has 0 unspecified atom stereocenters. The van der Waals surface area contributed by atoms with Gasteiger partial charge in [0.05, 0.1) is 17.1 Å². The fourth-order valence-electron chi connectivity index (χ4n) is 7.54. The van der Waals surface area contributed by atoms with E-state index in [4.69, 9.17) is 14.1 Å². The smallest absolute Gasteiger partial charge is 0.262 e. The van der Waals surface area contributed by atoms with Crippen LogP contribution in [-0.2, 0) is 71.7 Å². The van der Waals surface area contributed by atoms with Gasteiger partial charge in [0.2, 0.25) is 11.2 Å². The molecule has 0 atom stereocenters. The molecule has 4 aromatic carbocycles. The van der Waals surface area contributed by atoms with Gasteiger partial charge in [-0.2, -0.15) is 0 Å². The predicted octanol–water partition coefficient (Wildman–Crippen LogP) is 3.02. The Morgan fingerprint density at radius 1 is 0.553 bits per heavy atom. The molecule has 7 rings (SSSR count). The molecule has 0 fully saturated rings. The maximum Gasteiger partial charge on any atom is 0.262 e. The predicted molar refractivity (Wildman–Crippen MR) is 252 cm³/mol. The van der Waals surface area contributed by atoms with Crippen molar-refractivity contribution in [3.05, 3.63) is 111 Å². The van der Waals surface area contributed by atoms with Crippen LogP contribution in [0.4, 0.5) is 0 Å². The Kier molecular flexibility index (Phi) is 17.0. The highest BCUT2D eigenvalue weighted by molar-refractivity contribution is 7.82. The van der Waals surface area contributed by atoms with Crippen molar-refractivity contribution in [2.24, 2.45) is 0 Å². The fraction of sp³-hybridized carbons (Fsp3) is 0.262. The molecule has 0 aliphatic rings. The molecule has 0 spiro atoms. The van der Waals surface area contributed by atoms with Gasteiger partial charge < -0.3 is 52.8 Å². The highest BCUT2D eigenvalue weighted by Gasteiger charge is 2.26. The summed E-state index contributed by atoms with van der Waals surface area (Å²) in [6.45, 7) is 0.213. The minimum atomic E-state index is -5.88. The number of benzene rings is 4. The third kappa shape index (κ3) is 15.9. The van der Waals surface area contributed by atoms with Crippen molar-refractivity contribution in [3.8, 4) is 57.2 Å². The normalized spacial score (nSPS) is 12.4. The van der Waals surface area contributed by atoms with Crippen LogP contribution in [-0.4, -0.2) is 89.4 Å². The van der Waals surface area contributed by atoms with Crippen LogP contribution in [0.15, 0.2) is 99.1 Å². The fourth-order valence-corrected chi connectivity index (χ4v) is 9.28. The first kappa shape index (κ1) is 56.4. The van der Waals surface area contributed by atoms with Crippen molar-refractivity contribution in [3.63, 3.8) is 0 Å². The maximum atomic E-state index is 14.0. The number of hydrogen-bond acceptors (Lipinski definition) is 27. The van der Waals surface area contributed by atoms with Crippen molar-refractivity contribution in [1.82, 2.24) is 24.5 Å². The zero-order chi connectivity index (χ0) is 55.2. The van der Waals surface area contributed by atoms with Crippen LogP contribution in [0.1, 0.15) is 57.1 Å². The quantitative estimate of drug-likeness (QED) is 0.0427. The number of aromatic nitrogens is 5. The van der Waals surface area contributed by atoms with E-state index in [1.54, 1.807) is 28.8 Å². The number of nitrogens with zero attached hydrogens (tertiary/aromatic N) is 5. The molecule has 34 heteroatoms. The maximum absolute atomic E-state index is 14.0. The minimum absolute atomic E-state index is 0.119. The molecule has 7 aromatic rings. The van der Waals surface area contributed by atoms with Gasteiger partial charge in [-0.3, -0.25) is 18.8 Å². The Bertz CT molecular complexity index is 4020. The van der Waals surface area contributed by atoms with Gasteiger partial charge in [-0.1, -0.05) is 55.9 Å². The molecule has 0 amide bonds. The molecule has 3 heterocycles. The van der Waals surface area contributed by atoms with E-state index in [2.05, 4.69) is 31.2 Å². The molecule has 76 heavy (non-hydrogen) atoms. The summed E-state index contributed by atoms with van der Waals surface area (Å²) >= 11 is 0. The lowest BCUT2D eigenvalue weighted by atomic mass is 10.1. The Balaban J connectivity index is 0.975. The molecule has 0 saturated carbocycles. The Morgan fingerprint density at radius 2 is 1.12 bits per heavy atom. The number of unbranched alkanes of at least 4 members (excludes halogenated alkanes) is 7. The molecule has 0 aliphatic carbocycles. The number of ether oxygens (including phenoxy) is 1. The molecule has 408 valence electrons. The van der Waals surface area contributed by atoms with E-state index < -0.39 is 115 Å². The van der Waals surface area contributed by atoms with Gasteiger partial charge in [-0.05, 0) is 67.4 Å². The van der Waals surface area contributed by atoms with E-state index in [0.717, 1.165) is 38.5 Å². The summed E-state index contributed by atoms with van der Waals surface area (Å²) in [4.78, 5) is 32.2. The van der Waals surface area contributed by atoms with Crippen LogP contribution in [0.5, 0.6) is 34.5 Å². The van der Waals surface area contributed by atoms with Crippen LogP contribution in [0, 0.1) is 0 Å². The van der Waals surface area contributed by atoms with Gasteiger partial charge in [-0.25, -0.2) is 47.1 Å². The lowest BCUT2D eigenvalue weighted by molar-refractivity contribution is 0.302. The van der Waals surface area contributed by atoms with E-state index in [1.807, 2.05) is 0 Å². The van der Waals surface area contributed by atoms with E-state index in [9.17, 15) is 74.4 Å². The largest absolute Gasteiger partial charge is 0.716 e. The SMILES string of the molecule is O=c1c(OS(=O)(=O)[O-])c(-c2ccc(OS(=O)(=O)[O-])c(OS(=O)(=O)[O-])c2)oc2cc(OS(=O)(=O)[O-])cc(OCc3cn(CCCCCCCCCCn4c(-c5ccc(OS(=O)(=O)[O-])cc5)nc5ccccc5c4=O)nn3)c12. The van der Waals surface area contributed by atoms with E-state index in [1.165, 1.54) is 35.1 Å². The lowest BCUT2D eigenvalue weighted by Gasteiger charge is -2.18. The number of hydrogen-bond donors (Lipinski definition) is 0. The molecule has 3 aromatic heterocycles. The highest BCUT2D eigenvalue weighted by Crippen LogP contribution is 2.41. The van der Waals surface area contributed by atoms with Gasteiger partial charge in [0, 0.05) is 36.3 Å². The summed E-state index contributed by atoms with van der Waals surface area (Å²) in [5, 5.41) is 7.68. The Hall–Kier alpha value is -7.28. The second-order valence-electron chi connectivity index (χ2n) is 16.0. The standard InChI is InChI=1S/C42H41N5O24S5/c48-38-37-35(22-30(68-73(53,54)55)23-36(37)66-39(40(38)71-76(62,63)64)27-15-18-33(69-74(56,57)58)34(21-27)70-75(59,60)61)65-25-28-24-46(45-44-28)19-9-5-3-1-2-4-6-10-20-47-41(43-32-12-8-7-11-31(32)42(47)49)26-13-16-29(17-14-26)67-72(50,51)52/h7-8,11-18,21-24H,1-6,9-10,19-20,25H2,(H,50,51,52)(H,53,54,55)(H,56,57,58)(H,59,60,61)(H,62,63,64)/p-5. The van der Waals surface area contributed by atoms with E-state index >= 15 is 0 Å². The van der Waals surface area contributed by atoms with Gasteiger partial charge in [0.1, 0.15) is 46.3 Å². The zero-order valence-corrected chi connectivity index (χ0v) is 42.5. The Morgan fingerprint density at radius 3 is 1.75 bits per heavy atom. The highest BCUT2D eigenvalue weighted by atomic mass is 32.3. The summed E-state index contributed by atoms with van der Waals surface area (Å²) in [5.74, 6) is -6.48. The van der Waals surface area contributed by atoms with Crippen LogP contribution in [0.2, 0.25) is 0 Å². The first-order valence-corrected chi connectivity index (χ1v) is 28.4. The molecule has 0 saturated heterocycles. The molecular formula is C42H36N5O24S5-5. The third-order valence-electron chi connectivity index (χ3n) is 10.5. The number of para-hydroxylation sites is 1. The van der Waals surface area contributed by atoms with Gasteiger partial charge in [0.15, 0.2) is 17.3 Å². The van der Waals surface area contributed by atoms with E-state index in [-0.39, 0.29) is 17.0 Å². The van der Waals surface area contributed by atoms with Crippen LogP contribution in [0.3, 0.4) is 0 Å². The summed E-state index contributed by atoms with van der Waals surface area (Å²) in [6, 6.07) is 15.3. The summed E-state index contributed by atoms with van der Waals surface area (Å²) < 4.78 is 207. The number of rotatable bonds is 26. The topological polar surface area (TPSA) is 437 Å². The van der Waals surface area contributed by atoms with Crippen molar-refractivity contribution < 1.29 is 94.9 Å². The van der Waals surface area contributed by atoms with Gasteiger partial charge in [0.25, 0.3) is 57.6 Å². The molecule has 0 bridgehead atoms. The molecule has 29 nitrogen and oxygen atoms in total. The molecule has 0 aliphatic heterocycles. The number of fused-ring (bicyclic) bond motifs is 2. The molecule has 0 radical (unpaired) electrons. The zero-order valence-electron chi connectivity index (χ0n) is 38.4. The average molecular weight is 1160 g/mol. The average Bonchev–Trinajstić information content (AvgIpc) is 3.76. The summed E-state index contributed by atoms with van der Waals surface area (Å²) in [6.07, 6.45) is 7.93. The number of aryl methyl sites for hydroxylation is 1. The van der Waals surface area contributed by atoms with Crippen LogP contribution in [0.25, 0.3) is 44.6 Å². The van der Waals surface area contributed by atoms with Gasteiger partial charge >= 0.3 is 0 Å². The van der Waals surface area contributed by atoms with E-state index in [0.29, 0.717) is 78.6 Å². The molecule has 0 N–H and O–H groups in total. The van der Waals surface area contributed by atoms with Crippen LogP contribution < -0.4 is 36.6 Å². The third-order valence-corrected chi connectivity index (χ3v) is 12.4. The first-order chi connectivity index (χ1) is 35.6. The van der Waals surface area contributed by atoms with Gasteiger partial charge in [-0.15, -0.1) is 5.10 Å². The monoisotopic (exact) mass is 1150 g/mol. The van der Waals surface area contributed by atoms with Crippen molar-refractivity contribution in [1.29, 1.82) is 0 Å². The summed E-state index contributed by atoms with van der Waals surface area (Å²) in [5.41, 5.74) is -2.19. The minimum Gasteiger partial charge on any atom is -0.716 e. The van der Waals surface area contributed by atoms with Crippen molar-refractivity contribution in [2.45, 2.75) is 71.1 Å². The van der Waals surface area contributed by atoms with Crippen molar-refractivity contribution >= 4 is 73.9 Å².